The van der Waals surface area contributed by atoms with Crippen LogP contribution in [0.5, 0.6) is 0 Å². The van der Waals surface area contributed by atoms with Gasteiger partial charge in [-0.3, -0.25) is 4.79 Å². The molecular formula is C17H20N2O4S. The molecule has 1 heterocycles. The summed E-state index contributed by atoms with van der Waals surface area (Å²) in [7, 11) is 0. The molecule has 1 aromatic heterocycles. The zero-order valence-corrected chi connectivity index (χ0v) is 14.5. The molecule has 128 valence electrons. The minimum Gasteiger partial charge on any atom is -0.452 e. The van der Waals surface area contributed by atoms with E-state index in [1.54, 1.807) is 12.1 Å². The van der Waals surface area contributed by atoms with Gasteiger partial charge in [0.2, 0.25) is 0 Å². The first-order chi connectivity index (χ1) is 11.6. The van der Waals surface area contributed by atoms with Crippen LogP contribution < -0.4 is 5.32 Å². The van der Waals surface area contributed by atoms with Crippen molar-refractivity contribution in [2.45, 2.75) is 30.9 Å². The first kappa shape index (κ1) is 18.1. The lowest BCUT2D eigenvalue weighted by atomic mass is 10.2. The molecule has 0 bridgehead atoms. The molecule has 1 amide bonds. The average Bonchev–Trinajstić information content (AvgIpc) is 3.01. The van der Waals surface area contributed by atoms with Crippen LogP contribution in [-0.4, -0.2) is 30.2 Å². The number of carbonyl (C=O) groups is 2. The van der Waals surface area contributed by atoms with Crippen LogP contribution in [-0.2, 0) is 15.3 Å². The molecule has 0 unspecified atom stereocenters. The number of thioether (sulfide) groups is 1. The number of hydrogen-bond acceptors (Lipinski definition) is 6. The van der Waals surface area contributed by atoms with Crippen molar-refractivity contribution in [3.8, 4) is 0 Å². The van der Waals surface area contributed by atoms with Gasteiger partial charge in [-0.1, -0.05) is 24.2 Å². The Morgan fingerprint density at radius 1 is 1.33 bits per heavy atom. The lowest BCUT2D eigenvalue weighted by molar-refractivity contribution is -0.124. The second-order valence-corrected chi connectivity index (χ2v) is 6.16. The van der Waals surface area contributed by atoms with Crippen molar-refractivity contribution < 1.29 is 18.8 Å². The van der Waals surface area contributed by atoms with Gasteiger partial charge in [0.1, 0.15) is 5.76 Å². The Kier molecular flexibility index (Phi) is 6.87. The molecular weight excluding hydrogens is 328 g/mol. The molecule has 0 aliphatic carbocycles. The maximum atomic E-state index is 12.2. The highest BCUT2D eigenvalue weighted by atomic mass is 32.2. The van der Waals surface area contributed by atoms with Gasteiger partial charge in [0.15, 0.2) is 6.61 Å². The van der Waals surface area contributed by atoms with Gasteiger partial charge in [-0.05, 0) is 25.5 Å². The Bertz CT molecular complexity index is 699. The Morgan fingerprint density at radius 3 is 2.83 bits per heavy atom. The minimum atomic E-state index is -0.513. The first-order valence-electron chi connectivity index (χ1n) is 7.68. The van der Waals surface area contributed by atoms with Crippen molar-refractivity contribution in [1.82, 2.24) is 10.5 Å². The van der Waals surface area contributed by atoms with E-state index in [0.29, 0.717) is 17.9 Å². The molecule has 1 N–H and O–H groups in total. The number of carbonyl (C=O) groups excluding carboxylic acids is 2. The Labute approximate surface area is 144 Å². The van der Waals surface area contributed by atoms with Crippen molar-refractivity contribution in [2.24, 2.45) is 0 Å². The van der Waals surface area contributed by atoms with Crippen LogP contribution in [0.4, 0.5) is 0 Å². The summed E-state index contributed by atoms with van der Waals surface area (Å²) in [6.45, 7) is 4.08. The minimum absolute atomic E-state index is 0.277. The summed E-state index contributed by atoms with van der Waals surface area (Å²) < 4.78 is 10.1. The SMILES string of the molecule is CCCNC(=O)COC(=O)c1ccccc1SCc1cc(C)on1. The standard InChI is InChI=1S/C17H20N2O4S/c1-3-8-18-16(20)10-22-17(21)14-6-4-5-7-15(14)24-11-13-9-12(2)23-19-13/h4-7,9H,3,8,10-11H2,1-2H3,(H,18,20). The van der Waals surface area contributed by atoms with Crippen molar-refractivity contribution in [2.75, 3.05) is 13.2 Å². The monoisotopic (exact) mass is 348 g/mol. The van der Waals surface area contributed by atoms with E-state index in [1.807, 2.05) is 32.0 Å². The number of rotatable bonds is 8. The van der Waals surface area contributed by atoms with Crippen molar-refractivity contribution >= 4 is 23.6 Å². The van der Waals surface area contributed by atoms with E-state index in [9.17, 15) is 9.59 Å². The number of nitrogens with one attached hydrogen (secondary N) is 1. The molecule has 6 nitrogen and oxygen atoms in total. The van der Waals surface area contributed by atoms with Crippen LogP contribution in [0, 0.1) is 6.92 Å². The second-order valence-electron chi connectivity index (χ2n) is 5.14. The number of nitrogens with zero attached hydrogens (tertiary/aromatic N) is 1. The molecule has 2 rings (SSSR count). The fourth-order valence-electron chi connectivity index (χ4n) is 1.92. The van der Waals surface area contributed by atoms with Crippen molar-refractivity contribution in [3.63, 3.8) is 0 Å². The van der Waals surface area contributed by atoms with Gasteiger partial charge >= 0.3 is 5.97 Å². The first-order valence-corrected chi connectivity index (χ1v) is 8.66. The lowest BCUT2D eigenvalue weighted by Crippen LogP contribution is -2.29. The maximum absolute atomic E-state index is 12.2. The summed E-state index contributed by atoms with van der Waals surface area (Å²) >= 11 is 1.47. The number of benzene rings is 1. The smallest absolute Gasteiger partial charge is 0.339 e. The topological polar surface area (TPSA) is 81.4 Å². The Balaban J connectivity index is 1.94. The molecule has 0 radical (unpaired) electrons. The second kappa shape index (κ2) is 9.12. The molecule has 0 spiro atoms. The number of hydrogen-bond donors (Lipinski definition) is 1. The predicted octanol–water partition coefficient (Wildman–Crippen LogP) is 2.96. The summed E-state index contributed by atoms with van der Waals surface area (Å²) in [5.41, 5.74) is 1.24. The van der Waals surface area contributed by atoms with Gasteiger partial charge in [-0.2, -0.15) is 0 Å². The molecule has 1 aromatic carbocycles. The average molecular weight is 348 g/mol. The van der Waals surface area contributed by atoms with Gasteiger partial charge in [-0.25, -0.2) is 4.79 Å². The molecule has 0 aliphatic heterocycles. The van der Waals surface area contributed by atoms with E-state index in [2.05, 4.69) is 10.5 Å². The Hall–Kier alpha value is -2.28. The quantitative estimate of drug-likeness (QED) is 0.583. The zero-order chi connectivity index (χ0) is 17.4. The highest BCUT2D eigenvalue weighted by Crippen LogP contribution is 2.26. The summed E-state index contributed by atoms with van der Waals surface area (Å²) in [6.07, 6.45) is 0.834. The van der Waals surface area contributed by atoms with E-state index in [-0.39, 0.29) is 12.5 Å². The van der Waals surface area contributed by atoms with Crippen LogP contribution >= 0.6 is 11.8 Å². The van der Waals surface area contributed by atoms with E-state index in [1.165, 1.54) is 11.8 Å². The molecule has 2 aromatic rings. The van der Waals surface area contributed by atoms with E-state index < -0.39 is 5.97 Å². The molecule has 0 saturated carbocycles. The summed E-state index contributed by atoms with van der Waals surface area (Å²) in [4.78, 5) is 24.5. The van der Waals surface area contributed by atoms with Crippen molar-refractivity contribution in [3.05, 3.63) is 47.3 Å². The zero-order valence-electron chi connectivity index (χ0n) is 13.7. The lowest BCUT2D eigenvalue weighted by Gasteiger charge is -2.09. The largest absolute Gasteiger partial charge is 0.452 e. The molecule has 0 fully saturated rings. The third-order valence-electron chi connectivity index (χ3n) is 3.07. The van der Waals surface area contributed by atoms with Gasteiger partial charge < -0.3 is 14.6 Å². The van der Waals surface area contributed by atoms with E-state index in [0.717, 1.165) is 22.8 Å². The molecule has 24 heavy (non-hydrogen) atoms. The van der Waals surface area contributed by atoms with Crippen LogP contribution in [0.25, 0.3) is 0 Å². The number of ether oxygens (including phenoxy) is 1. The molecule has 0 atom stereocenters. The van der Waals surface area contributed by atoms with E-state index >= 15 is 0 Å². The normalized spacial score (nSPS) is 10.4. The molecule has 0 saturated heterocycles. The van der Waals surface area contributed by atoms with Crippen LogP contribution in [0.3, 0.4) is 0 Å². The summed E-state index contributed by atoms with van der Waals surface area (Å²) in [6, 6.07) is 8.99. The molecule has 7 heteroatoms. The number of aryl methyl sites for hydroxylation is 1. The maximum Gasteiger partial charge on any atom is 0.339 e. The van der Waals surface area contributed by atoms with Crippen LogP contribution in [0.15, 0.2) is 39.8 Å². The fourth-order valence-corrected chi connectivity index (χ4v) is 2.84. The summed E-state index contributed by atoms with van der Waals surface area (Å²) in [5.74, 6) is 0.518. The van der Waals surface area contributed by atoms with Crippen LogP contribution in [0.1, 0.15) is 35.2 Å². The highest BCUT2D eigenvalue weighted by molar-refractivity contribution is 7.98. The number of esters is 1. The predicted molar refractivity (Wildman–Crippen MR) is 90.8 cm³/mol. The fraction of sp³-hybridized carbons (Fsp3) is 0.353. The van der Waals surface area contributed by atoms with Gasteiger partial charge in [0.05, 0.1) is 11.3 Å². The van der Waals surface area contributed by atoms with E-state index in [4.69, 9.17) is 9.26 Å². The van der Waals surface area contributed by atoms with Crippen LogP contribution in [0.2, 0.25) is 0 Å². The Morgan fingerprint density at radius 2 is 2.12 bits per heavy atom. The van der Waals surface area contributed by atoms with Crippen molar-refractivity contribution in [1.29, 1.82) is 0 Å². The summed E-state index contributed by atoms with van der Waals surface area (Å²) in [5, 5.41) is 6.59. The van der Waals surface area contributed by atoms with Gasteiger partial charge in [0.25, 0.3) is 5.91 Å². The number of amides is 1. The third kappa shape index (κ3) is 5.42. The highest BCUT2D eigenvalue weighted by Gasteiger charge is 2.15. The third-order valence-corrected chi connectivity index (χ3v) is 4.17. The molecule has 0 aliphatic rings. The van der Waals surface area contributed by atoms with Gasteiger partial charge in [0, 0.05) is 23.3 Å². The number of aromatic nitrogens is 1. The van der Waals surface area contributed by atoms with Gasteiger partial charge in [-0.15, -0.1) is 11.8 Å².